The van der Waals surface area contributed by atoms with E-state index in [1.807, 2.05) is 7.05 Å². The maximum absolute atomic E-state index is 5.66. The molecular weight excluding hydrogens is 370 g/mol. The Bertz CT molecular complexity index is 662. The van der Waals surface area contributed by atoms with Gasteiger partial charge >= 0.3 is 0 Å². The van der Waals surface area contributed by atoms with Crippen LogP contribution in [0.2, 0.25) is 0 Å². The number of piperidine rings is 1. The summed E-state index contributed by atoms with van der Waals surface area (Å²) in [6, 6.07) is 0. The van der Waals surface area contributed by atoms with Crippen molar-refractivity contribution in [1.82, 2.24) is 20.1 Å². The van der Waals surface area contributed by atoms with E-state index < -0.39 is 0 Å². The normalized spacial score (nSPS) is 27.2. The molecule has 3 fully saturated rings. The predicted molar refractivity (Wildman–Crippen MR) is 115 cm³/mol. The van der Waals surface area contributed by atoms with Gasteiger partial charge in [-0.2, -0.15) is 0 Å². The second-order valence-electron chi connectivity index (χ2n) is 8.71. The molecule has 7 heteroatoms. The van der Waals surface area contributed by atoms with E-state index in [9.17, 15) is 0 Å². The highest BCUT2D eigenvalue weighted by Gasteiger charge is 2.42. The second kappa shape index (κ2) is 9.09. The molecule has 1 aromatic heterocycles. The zero-order chi connectivity index (χ0) is 19.4. The molecule has 3 saturated heterocycles. The first kappa shape index (κ1) is 20.1. The van der Waals surface area contributed by atoms with Crippen molar-refractivity contribution in [2.45, 2.75) is 45.6 Å². The van der Waals surface area contributed by atoms with Crippen LogP contribution in [0.25, 0.3) is 0 Å². The molecule has 4 rings (SSSR count). The lowest BCUT2D eigenvalue weighted by atomic mass is 9.87. The first-order valence-electron chi connectivity index (χ1n) is 10.9. The maximum atomic E-state index is 5.66. The van der Waals surface area contributed by atoms with Crippen LogP contribution in [0.5, 0.6) is 0 Å². The Morgan fingerprint density at radius 2 is 2.21 bits per heavy atom. The van der Waals surface area contributed by atoms with Gasteiger partial charge in [0.25, 0.3) is 0 Å². The summed E-state index contributed by atoms with van der Waals surface area (Å²) >= 11 is 1.80. The average molecular weight is 406 g/mol. The Hall–Kier alpha value is -1.18. The third-order valence-corrected chi connectivity index (χ3v) is 7.72. The van der Waals surface area contributed by atoms with E-state index in [0.29, 0.717) is 5.41 Å². The minimum Gasteiger partial charge on any atom is -0.381 e. The molecule has 28 heavy (non-hydrogen) atoms. The number of aromatic nitrogens is 1. The van der Waals surface area contributed by atoms with Gasteiger partial charge in [-0.05, 0) is 51.1 Å². The van der Waals surface area contributed by atoms with Crippen LogP contribution >= 0.6 is 11.3 Å². The van der Waals surface area contributed by atoms with Gasteiger partial charge in [0.2, 0.25) is 0 Å². The molecule has 6 nitrogen and oxygen atoms in total. The lowest BCUT2D eigenvalue weighted by molar-refractivity contribution is 0.156. The Morgan fingerprint density at radius 3 is 2.89 bits per heavy atom. The first-order valence-corrected chi connectivity index (χ1v) is 11.8. The third kappa shape index (κ3) is 4.69. The van der Waals surface area contributed by atoms with Gasteiger partial charge in [0.05, 0.1) is 17.3 Å². The fourth-order valence-corrected chi connectivity index (χ4v) is 5.55. The number of aliphatic imine (C=N–C) groups is 1. The van der Waals surface area contributed by atoms with Gasteiger partial charge in [0.1, 0.15) is 0 Å². The minimum atomic E-state index is 0.385. The SMILES string of the molecule is CCc1nc(CN2CCC(CNC(=NC)N3CCC4(CCOC4)C3)CC2)cs1. The molecule has 1 spiro atoms. The highest BCUT2D eigenvalue weighted by Crippen LogP contribution is 2.38. The lowest BCUT2D eigenvalue weighted by Crippen LogP contribution is -2.44. The molecule has 1 atom stereocenters. The zero-order valence-electron chi connectivity index (χ0n) is 17.5. The van der Waals surface area contributed by atoms with E-state index in [-0.39, 0.29) is 0 Å². The van der Waals surface area contributed by atoms with Crippen molar-refractivity contribution in [2.75, 3.05) is 53.0 Å². The summed E-state index contributed by atoms with van der Waals surface area (Å²) in [5.41, 5.74) is 1.63. The highest BCUT2D eigenvalue weighted by atomic mass is 32.1. The fraction of sp³-hybridized carbons (Fsp3) is 0.810. The van der Waals surface area contributed by atoms with Gasteiger partial charge in [0, 0.05) is 50.6 Å². The molecule has 0 saturated carbocycles. The number of hydrogen-bond donors (Lipinski definition) is 1. The largest absolute Gasteiger partial charge is 0.381 e. The van der Waals surface area contributed by atoms with Gasteiger partial charge in [-0.1, -0.05) is 6.92 Å². The van der Waals surface area contributed by atoms with E-state index in [2.05, 4.69) is 32.4 Å². The van der Waals surface area contributed by atoms with Crippen molar-refractivity contribution < 1.29 is 4.74 Å². The summed E-state index contributed by atoms with van der Waals surface area (Å²) in [6.45, 7) is 10.6. The van der Waals surface area contributed by atoms with E-state index in [0.717, 1.165) is 57.7 Å². The molecule has 0 bridgehead atoms. The number of rotatable bonds is 5. The van der Waals surface area contributed by atoms with Crippen LogP contribution in [0.1, 0.15) is 43.3 Å². The summed E-state index contributed by atoms with van der Waals surface area (Å²) in [6.07, 6.45) is 6.00. The number of ether oxygens (including phenoxy) is 1. The van der Waals surface area contributed by atoms with Crippen molar-refractivity contribution in [2.24, 2.45) is 16.3 Å². The molecule has 156 valence electrons. The highest BCUT2D eigenvalue weighted by molar-refractivity contribution is 7.09. The van der Waals surface area contributed by atoms with E-state index in [1.54, 1.807) is 11.3 Å². The van der Waals surface area contributed by atoms with Gasteiger partial charge in [-0.15, -0.1) is 11.3 Å². The zero-order valence-corrected chi connectivity index (χ0v) is 18.3. The molecule has 3 aliphatic heterocycles. The number of nitrogens with one attached hydrogen (secondary N) is 1. The van der Waals surface area contributed by atoms with E-state index >= 15 is 0 Å². The summed E-state index contributed by atoms with van der Waals surface area (Å²) in [5.74, 6) is 1.82. The third-order valence-electron chi connectivity index (χ3n) is 6.68. The molecular formula is C21H35N5OS. The van der Waals surface area contributed by atoms with Crippen molar-refractivity contribution in [3.8, 4) is 0 Å². The Labute approximate surface area is 173 Å². The molecule has 1 N–H and O–H groups in total. The van der Waals surface area contributed by atoms with Crippen LogP contribution in [-0.4, -0.2) is 73.7 Å². The molecule has 4 heterocycles. The van der Waals surface area contributed by atoms with Crippen LogP contribution in [-0.2, 0) is 17.7 Å². The van der Waals surface area contributed by atoms with Crippen LogP contribution in [0.3, 0.4) is 0 Å². The lowest BCUT2D eigenvalue weighted by Gasteiger charge is -2.32. The molecule has 1 unspecified atom stereocenters. The average Bonchev–Trinajstić information content (AvgIpc) is 3.46. The Morgan fingerprint density at radius 1 is 1.36 bits per heavy atom. The molecule has 3 aliphatic rings. The van der Waals surface area contributed by atoms with Crippen molar-refractivity contribution >= 4 is 17.3 Å². The Balaban J connectivity index is 1.19. The summed E-state index contributed by atoms with van der Waals surface area (Å²) in [4.78, 5) is 14.3. The number of aryl methyl sites for hydroxylation is 1. The number of hydrogen-bond acceptors (Lipinski definition) is 5. The van der Waals surface area contributed by atoms with Crippen LogP contribution in [0.15, 0.2) is 10.4 Å². The molecule has 0 aromatic carbocycles. The van der Waals surface area contributed by atoms with E-state index in [1.165, 1.54) is 49.5 Å². The second-order valence-corrected chi connectivity index (χ2v) is 9.65. The quantitative estimate of drug-likeness (QED) is 0.603. The van der Waals surface area contributed by atoms with Gasteiger partial charge in [-0.25, -0.2) is 4.98 Å². The van der Waals surface area contributed by atoms with Gasteiger partial charge < -0.3 is 15.0 Å². The predicted octanol–water partition coefficient (Wildman–Crippen LogP) is 2.61. The van der Waals surface area contributed by atoms with Crippen molar-refractivity contribution in [1.29, 1.82) is 0 Å². The molecule has 0 radical (unpaired) electrons. The fourth-order valence-electron chi connectivity index (χ4n) is 4.82. The van der Waals surface area contributed by atoms with Gasteiger partial charge in [0.15, 0.2) is 5.96 Å². The summed E-state index contributed by atoms with van der Waals surface area (Å²) in [5, 5.41) is 7.16. The molecule has 0 aliphatic carbocycles. The summed E-state index contributed by atoms with van der Waals surface area (Å²) in [7, 11) is 1.92. The topological polar surface area (TPSA) is 53.0 Å². The van der Waals surface area contributed by atoms with Crippen LogP contribution in [0.4, 0.5) is 0 Å². The van der Waals surface area contributed by atoms with Gasteiger partial charge in [-0.3, -0.25) is 9.89 Å². The monoisotopic (exact) mass is 405 g/mol. The van der Waals surface area contributed by atoms with Crippen LogP contribution < -0.4 is 5.32 Å². The molecule has 0 amide bonds. The van der Waals surface area contributed by atoms with E-state index in [4.69, 9.17) is 9.72 Å². The van der Waals surface area contributed by atoms with Crippen LogP contribution in [0, 0.1) is 11.3 Å². The van der Waals surface area contributed by atoms with Crippen molar-refractivity contribution in [3.63, 3.8) is 0 Å². The molecule has 1 aromatic rings. The first-order chi connectivity index (χ1) is 13.7. The smallest absolute Gasteiger partial charge is 0.193 e. The number of likely N-dealkylation sites (tertiary alicyclic amines) is 2. The Kier molecular flexibility index (Phi) is 6.53. The minimum absolute atomic E-state index is 0.385. The maximum Gasteiger partial charge on any atom is 0.193 e. The van der Waals surface area contributed by atoms with Crippen molar-refractivity contribution in [3.05, 3.63) is 16.1 Å². The number of thiazole rings is 1. The number of guanidine groups is 1. The standard InChI is InChI=1S/C21H35N5OS/c1-3-19-24-18(14-28-19)13-25-8-4-17(5-9-25)12-23-20(22-2)26-10-6-21(15-26)7-11-27-16-21/h14,17H,3-13,15-16H2,1-2H3,(H,22,23). The summed E-state index contributed by atoms with van der Waals surface area (Å²) < 4.78 is 5.66. The number of nitrogens with zero attached hydrogens (tertiary/aromatic N) is 4.